The summed E-state index contributed by atoms with van der Waals surface area (Å²) >= 11 is 6.12. The van der Waals surface area contributed by atoms with Crippen LogP contribution in [0.15, 0.2) is 12.5 Å². The van der Waals surface area contributed by atoms with Crippen LogP contribution in [0.25, 0.3) is 0 Å². The number of aromatic nitrogens is 2. The van der Waals surface area contributed by atoms with Gasteiger partial charge in [0.1, 0.15) is 11.3 Å². The Labute approximate surface area is 130 Å². The first-order valence-corrected chi connectivity index (χ1v) is 7.61. The molecule has 0 radical (unpaired) electrons. The van der Waals surface area contributed by atoms with Crippen molar-refractivity contribution in [3.63, 3.8) is 0 Å². The lowest BCUT2D eigenvalue weighted by Gasteiger charge is -2.38. The third kappa shape index (κ3) is 4.04. The average molecular weight is 312 g/mol. The Kier molecular flexibility index (Phi) is 5.36. The van der Waals surface area contributed by atoms with Gasteiger partial charge in [-0.2, -0.15) is 0 Å². The van der Waals surface area contributed by atoms with E-state index in [4.69, 9.17) is 11.6 Å². The number of hydrogen-bond acceptors (Lipinski definition) is 5. The van der Waals surface area contributed by atoms with Gasteiger partial charge in [-0.25, -0.2) is 9.97 Å². The van der Waals surface area contributed by atoms with Gasteiger partial charge < -0.3 is 10.2 Å². The molecule has 0 saturated carbocycles. The summed E-state index contributed by atoms with van der Waals surface area (Å²) in [6.07, 6.45) is 3.11. The molecule has 0 aliphatic carbocycles. The molecule has 1 atom stereocenters. The fourth-order valence-corrected chi connectivity index (χ4v) is 2.66. The number of nitrogens with one attached hydrogen (secondary N) is 1. The fraction of sp³-hybridized carbons (Fsp3) is 0.643. The minimum atomic E-state index is -0.115. The third-order valence-electron chi connectivity index (χ3n) is 3.62. The van der Waals surface area contributed by atoms with Crippen LogP contribution in [0.3, 0.4) is 0 Å². The van der Waals surface area contributed by atoms with Crippen LogP contribution < -0.4 is 10.2 Å². The average Bonchev–Trinajstić information content (AvgIpc) is 2.46. The second-order valence-electron chi connectivity index (χ2n) is 5.56. The maximum absolute atomic E-state index is 12.1. The van der Waals surface area contributed by atoms with E-state index in [1.54, 1.807) is 6.20 Å². The van der Waals surface area contributed by atoms with E-state index >= 15 is 0 Å². The molecule has 6 nitrogen and oxygen atoms in total. The van der Waals surface area contributed by atoms with Gasteiger partial charge in [0.25, 0.3) is 0 Å². The van der Waals surface area contributed by atoms with E-state index in [0.717, 1.165) is 32.0 Å². The van der Waals surface area contributed by atoms with Crippen LogP contribution in [0.1, 0.15) is 20.8 Å². The molecule has 2 heterocycles. The molecule has 116 valence electrons. The molecule has 1 aromatic rings. The van der Waals surface area contributed by atoms with Crippen molar-refractivity contribution < 1.29 is 4.79 Å². The zero-order valence-electron chi connectivity index (χ0n) is 12.7. The molecule has 7 heteroatoms. The largest absolute Gasteiger partial charge is 0.353 e. The normalized spacial score (nSPS) is 17.9. The number of carbonyl (C=O) groups is 1. The standard InChI is InChI=1S/C14H22ClN5O/c1-10(2)18-14(21)11(3)19-4-6-20(7-5-19)13-12(15)8-16-9-17-13/h8-11H,4-7H2,1-3H3,(H,18,21). The first-order chi connectivity index (χ1) is 9.99. The lowest BCUT2D eigenvalue weighted by molar-refractivity contribution is -0.126. The molecule has 0 bridgehead atoms. The lowest BCUT2D eigenvalue weighted by Crippen LogP contribution is -2.54. The Morgan fingerprint density at radius 3 is 2.52 bits per heavy atom. The van der Waals surface area contributed by atoms with Gasteiger partial charge in [0.2, 0.25) is 5.91 Å². The van der Waals surface area contributed by atoms with Crippen LogP contribution in [0.2, 0.25) is 5.02 Å². The van der Waals surface area contributed by atoms with E-state index in [1.807, 2.05) is 20.8 Å². The smallest absolute Gasteiger partial charge is 0.237 e. The van der Waals surface area contributed by atoms with Gasteiger partial charge in [-0.3, -0.25) is 9.69 Å². The highest BCUT2D eigenvalue weighted by molar-refractivity contribution is 6.32. The molecule has 21 heavy (non-hydrogen) atoms. The molecule has 2 rings (SSSR count). The zero-order chi connectivity index (χ0) is 15.4. The predicted molar refractivity (Wildman–Crippen MR) is 83.6 cm³/mol. The Balaban J connectivity index is 1.91. The SMILES string of the molecule is CC(C)NC(=O)C(C)N1CCN(c2ncncc2Cl)CC1. The van der Waals surface area contributed by atoms with Gasteiger partial charge in [-0.1, -0.05) is 11.6 Å². The third-order valence-corrected chi connectivity index (χ3v) is 3.89. The second kappa shape index (κ2) is 7.04. The molecule has 1 aliphatic heterocycles. The summed E-state index contributed by atoms with van der Waals surface area (Å²) in [5, 5.41) is 3.52. The maximum Gasteiger partial charge on any atom is 0.237 e. The second-order valence-corrected chi connectivity index (χ2v) is 5.96. The van der Waals surface area contributed by atoms with Crippen LogP contribution in [0.4, 0.5) is 5.82 Å². The lowest BCUT2D eigenvalue weighted by atomic mass is 10.2. The quantitative estimate of drug-likeness (QED) is 0.904. The summed E-state index contributed by atoms with van der Waals surface area (Å²) in [7, 11) is 0. The molecule has 1 aliphatic rings. The number of nitrogens with zero attached hydrogens (tertiary/aromatic N) is 4. The van der Waals surface area contributed by atoms with Gasteiger partial charge in [0.05, 0.1) is 12.2 Å². The Hall–Kier alpha value is -1.40. The van der Waals surface area contributed by atoms with E-state index in [-0.39, 0.29) is 18.0 Å². The first-order valence-electron chi connectivity index (χ1n) is 7.24. The zero-order valence-corrected chi connectivity index (χ0v) is 13.5. The van der Waals surface area contributed by atoms with E-state index in [1.165, 1.54) is 6.33 Å². The first kappa shape index (κ1) is 16.0. The van der Waals surface area contributed by atoms with Crippen LogP contribution in [0.5, 0.6) is 0 Å². The minimum Gasteiger partial charge on any atom is -0.353 e. The van der Waals surface area contributed by atoms with Crippen LogP contribution >= 0.6 is 11.6 Å². The Morgan fingerprint density at radius 1 is 1.29 bits per heavy atom. The van der Waals surface area contributed by atoms with Gasteiger partial charge in [0, 0.05) is 32.2 Å². The van der Waals surface area contributed by atoms with Gasteiger partial charge in [0.15, 0.2) is 5.82 Å². The van der Waals surface area contributed by atoms with Crippen molar-refractivity contribution in [2.45, 2.75) is 32.9 Å². The highest BCUT2D eigenvalue weighted by atomic mass is 35.5. The highest BCUT2D eigenvalue weighted by Gasteiger charge is 2.26. The molecule has 1 aromatic heterocycles. The van der Waals surface area contributed by atoms with E-state index in [9.17, 15) is 4.79 Å². The monoisotopic (exact) mass is 311 g/mol. The van der Waals surface area contributed by atoms with Crippen molar-refractivity contribution in [1.82, 2.24) is 20.2 Å². The number of rotatable bonds is 4. The molecular weight excluding hydrogens is 290 g/mol. The maximum atomic E-state index is 12.1. The fourth-order valence-electron chi connectivity index (χ4n) is 2.43. The van der Waals surface area contributed by atoms with Gasteiger partial charge in [-0.15, -0.1) is 0 Å². The van der Waals surface area contributed by atoms with E-state index in [2.05, 4.69) is 25.1 Å². The number of hydrogen-bond donors (Lipinski definition) is 1. The molecular formula is C14H22ClN5O. The molecule has 1 unspecified atom stereocenters. The summed E-state index contributed by atoms with van der Waals surface area (Å²) in [5.74, 6) is 0.851. The summed E-state index contributed by atoms with van der Waals surface area (Å²) in [5.41, 5.74) is 0. The number of carbonyl (C=O) groups excluding carboxylic acids is 1. The number of piperazine rings is 1. The van der Waals surface area contributed by atoms with Gasteiger partial charge in [-0.05, 0) is 20.8 Å². The van der Waals surface area contributed by atoms with E-state index in [0.29, 0.717) is 5.02 Å². The van der Waals surface area contributed by atoms with Crippen molar-refractivity contribution in [1.29, 1.82) is 0 Å². The molecule has 1 saturated heterocycles. The van der Waals surface area contributed by atoms with Crippen LogP contribution in [-0.2, 0) is 4.79 Å². The topological polar surface area (TPSA) is 61.4 Å². The molecule has 0 spiro atoms. The van der Waals surface area contributed by atoms with E-state index < -0.39 is 0 Å². The minimum absolute atomic E-state index is 0.0820. The molecule has 1 fully saturated rings. The van der Waals surface area contributed by atoms with Crippen molar-refractivity contribution in [2.24, 2.45) is 0 Å². The van der Waals surface area contributed by atoms with Crippen molar-refractivity contribution in [2.75, 3.05) is 31.1 Å². The predicted octanol–water partition coefficient (Wildman–Crippen LogP) is 1.17. The Bertz CT molecular complexity index is 488. The number of anilines is 1. The van der Waals surface area contributed by atoms with Crippen LogP contribution in [-0.4, -0.2) is 59.0 Å². The number of halogens is 1. The molecule has 1 N–H and O–H groups in total. The molecule has 0 aromatic carbocycles. The summed E-state index contributed by atoms with van der Waals surface area (Å²) in [6.45, 7) is 9.12. The van der Waals surface area contributed by atoms with Gasteiger partial charge >= 0.3 is 0 Å². The highest BCUT2D eigenvalue weighted by Crippen LogP contribution is 2.22. The van der Waals surface area contributed by atoms with Crippen molar-refractivity contribution in [3.8, 4) is 0 Å². The Morgan fingerprint density at radius 2 is 1.95 bits per heavy atom. The van der Waals surface area contributed by atoms with Crippen molar-refractivity contribution in [3.05, 3.63) is 17.5 Å². The summed E-state index contributed by atoms with van der Waals surface area (Å²) in [4.78, 5) is 24.5. The molecule has 1 amide bonds. The number of amides is 1. The summed E-state index contributed by atoms with van der Waals surface area (Å²) < 4.78 is 0. The summed E-state index contributed by atoms with van der Waals surface area (Å²) in [6, 6.07) is 0.0523. The van der Waals surface area contributed by atoms with Crippen molar-refractivity contribution >= 4 is 23.3 Å². The van der Waals surface area contributed by atoms with Crippen LogP contribution in [0, 0.1) is 0 Å².